The van der Waals surface area contributed by atoms with Crippen LogP contribution < -0.4 is 19.6 Å². The molecule has 0 spiro atoms. The van der Waals surface area contributed by atoms with Crippen molar-refractivity contribution in [3.8, 4) is 17.2 Å². The molecule has 1 amide bonds. The second-order valence-corrected chi connectivity index (χ2v) is 5.96. The summed E-state index contributed by atoms with van der Waals surface area (Å²) in [5.74, 6) is 1.42. The maximum absolute atomic E-state index is 11.9. The maximum Gasteiger partial charge on any atom is 0.277 e. The predicted molar refractivity (Wildman–Crippen MR) is 99.5 cm³/mol. The van der Waals surface area contributed by atoms with Gasteiger partial charge in [0, 0.05) is 4.47 Å². The second kappa shape index (κ2) is 9.08. The molecule has 7 heteroatoms. The zero-order chi connectivity index (χ0) is 18.2. The molecule has 0 heterocycles. The average molecular weight is 407 g/mol. The highest BCUT2D eigenvalue weighted by atomic mass is 79.9. The van der Waals surface area contributed by atoms with Crippen LogP contribution >= 0.6 is 15.9 Å². The molecular formula is C18H19BrN2O4. The zero-order valence-corrected chi connectivity index (χ0v) is 15.8. The summed E-state index contributed by atoms with van der Waals surface area (Å²) in [6, 6.07) is 12.7. The van der Waals surface area contributed by atoms with Crippen LogP contribution in [0.1, 0.15) is 12.5 Å². The molecule has 0 fully saturated rings. The molecule has 25 heavy (non-hydrogen) atoms. The number of benzene rings is 2. The van der Waals surface area contributed by atoms with Gasteiger partial charge in [0.15, 0.2) is 18.1 Å². The summed E-state index contributed by atoms with van der Waals surface area (Å²) in [4.78, 5) is 11.9. The number of nitrogens with zero attached hydrogens (tertiary/aromatic N) is 1. The summed E-state index contributed by atoms with van der Waals surface area (Å²) in [5.41, 5.74) is 4.04. The second-order valence-electron chi connectivity index (χ2n) is 5.04. The molecular weight excluding hydrogens is 388 g/mol. The minimum absolute atomic E-state index is 0.169. The van der Waals surface area contributed by atoms with Gasteiger partial charge in [-0.15, -0.1) is 0 Å². The van der Waals surface area contributed by atoms with Gasteiger partial charge in [-0.05, 0) is 55.0 Å². The quantitative estimate of drug-likeness (QED) is 0.565. The van der Waals surface area contributed by atoms with Crippen LogP contribution in [0.15, 0.2) is 52.0 Å². The summed E-state index contributed by atoms with van der Waals surface area (Å²) in [5, 5.41) is 4.08. The third-order valence-electron chi connectivity index (χ3n) is 3.34. The summed E-state index contributed by atoms with van der Waals surface area (Å²) < 4.78 is 16.6. The Hall–Kier alpha value is -2.54. The zero-order valence-electron chi connectivity index (χ0n) is 14.2. The van der Waals surface area contributed by atoms with E-state index in [1.54, 1.807) is 26.2 Å². The topological polar surface area (TPSA) is 69.2 Å². The van der Waals surface area contributed by atoms with Crippen LogP contribution in [-0.2, 0) is 4.79 Å². The molecule has 2 aromatic rings. The standard InChI is InChI=1S/C18H19BrN2O4/c1-12(13-4-7-15(23-2)8-5-13)20-21-18(22)11-25-16-9-6-14(19)10-17(16)24-3/h4-10H,11H2,1-3H3,(H,21,22). The van der Waals surface area contributed by atoms with Crippen LogP contribution in [-0.4, -0.2) is 32.4 Å². The summed E-state index contributed by atoms with van der Waals surface area (Å²) in [7, 11) is 3.15. The van der Waals surface area contributed by atoms with Gasteiger partial charge < -0.3 is 14.2 Å². The molecule has 132 valence electrons. The molecule has 0 atom stereocenters. The van der Waals surface area contributed by atoms with Crippen molar-refractivity contribution in [2.24, 2.45) is 5.10 Å². The Balaban J connectivity index is 1.91. The lowest BCUT2D eigenvalue weighted by Gasteiger charge is -2.10. The highest BCUT2D eigenvalue weighted by Crippen LogP contribution is 2.30. The molecule has 1 N–H and O–H groups in total. The predicted octanol–water partition coefficient (Wildman–Crippen LogP) is 3.39. The van der Waals surface area contributed by atoms with E-state index in [0.717, 1.165) is 15.8 Å². The van der Waals surface area contributed by atoms with Gasteiger partial charge in [0.05, 0.1) is 19.9 Å². The van der Waals surface area contributed by atoms with Crippen molar-refractivity contribution in [1.29, 1.82) is 0 Å². The van der Waals surface area contributed by atoms with Gasteiger partial charge in [-0.2, -0.15) is 5.10 Å². The van der Waals surface area contributed by atoms with Crippen LogP contribution in [0.25, 0.3) is 0 Å². The van der Waals surface area contributed by atoms with Gasteiger partial charge in [-0.1, -0.05) is 15.9 Å². The third kappa shape index (κ3) is 5.49. The number of hydrogen-bond acceptors (Lipinski definition) is 5. The molecule has 6 nitrogen and oxygen atoms in total. The Labute approximate surface area is 154 Å². The fourth-order valence-electron chi connectivity index (χ4n) is 1.98. The van der Waals surface area contributed by atoms with E-state index in [1.165, 1.54) is 7.11 Å². The Bertz CT molecular complexity index is 760. The third-order valence-corrected chi connectivity index (χ3v) is 3.83. The smallest absolute Gasteiger partial charge is 0.277 e. The van der Waals surface area contributed by atoms with Crippen LogP contribution in [0.3, 0.4) is 0 Å². The molecule has 2 rings (SSSR count). The van der Waals surface area contributed by atoms with Crippen LogP contribution in [0.2, 0.25) is 0 Å². The number of amides is 1. The van der Waals surface area contributed by atoms with Gasteiger partial charge in [-0.25, -0.2) is 5.43 Å². The van der Waals surface area contributed by atoms with E-state index in [9.17, 15) is 4.79 Å². The summed E-state index contributed by atoms with van der Waals surface area (Å²) >= 11 is 3.35. The van der Waals surface area contributed by atoms with E-state index in [2.05, 4.69) is 26.5 Å². The number of carbonyl (C=O) groups excluding carboxylic acids is 1. The Morgan fingerprint density at radius 2 is 1.80 bits per heavy atom. The molecule has 0 aliphatic rings. The van der Waals surface area contributed by atoms with Crippen molar-refractivity contribution in [3.63, 3.8) is 0 Å². The minimum Gasteiger partial charge on any atom is -0.497 e. The molecule has 2 aromatic carbocycles. The van der Waals surface area contributed by atoms with Gasteiger partial charge >= 0.3 is 0 Å². The highest BCUT2D eigenvalue weighted by molar-refractivity contribution is 9.10. The van der Waals surface area contributed by atoms with Crippen LogP contribution in [0.5, 0.6) is 17.2 Å². The van der Waals surface area contributed by atoms with Gasteiger partial charge in [0.25, 0.3) is 5.91 Å². The maximum atomic E-state index is 11.9. The first-order chi connectivity index (χ1) is 12.0. The lowest BCUT2D eigenvalue weighted by atomic mass is 10.1. The molecule has 0 bridgehead atoms. The molecule has 0 aliphatic carbocycles. The van der Waals surface area contributed by atoms with Crippen molar-refractivity contribution in [2.75, 3.05) is 20.8 Å². The van der Waals surface area contributed by atoms with Gasteiger partial charge in [-0.3, -0.25) is 4.79 Å². The van der Waals surface area contributed by atoms with E-state index < -0.39 is 0 Å². The lowest BCUT2D eigenvalue weighted by molar-refractivity contribution is -0.123. The lowest BCUT2D eigenvalue weighted by Crippen LogP contribution is -2.25. The molecule has 0 radical (unpaired) electrons. The molecule has 0 aliphatic heterocycles. The molecule has 0 aromatic heterocycles. The average Bonchev–Trinajstić information content (AvgIpc) is 2.64. The number of halogens is 1. The van der Waals surface area contributed by atoms with E-state index in [-0.39, 0.29) is 12.5 Å². The van der Waals surface area contributed by atoms with Crippen molar-refractivity contribution < 1.29 is 19.0 Å². The van der Waals surface area contributed by atoms with Crippen molar-refractivity contribution in [2.45, 2.75) is 6.92 Å². The minimum atomic E-state index is -0.363. The van der Waals surface area contributed by atoms with Crippen molar-refractivity contribution >= 4 is 27.5 Å². The SMILES string of the molecule is COc1ccc(C(C)=NNC(=O)COc2ccc(Br)cc2OC)cc1. The molecule has 0 unspecified atom stereocenters. The summed E-state index contributed by atoms with van der Waals surface area (Å²) in [6.45, 7) is 1.64. The number of hydrazone groups is 1. The monoisotopic (exact) mass is 406 g/mol. The fourth-order valence-corrected chi connectivity index (χ4v) is 2.32. The van der Waals surface area contributed by atoms with E-state index in [1.807, 2.05) is 30.3 Å². The highest BCUT2D eigenvalue weighted by Gasteiger charge is 2.08. The summed E-state index contributed by atoms with van der Waals surface area (Å²) in [6.07, 6.45) is 0. The van der Waals surface area contributed by atoms with Crippen LogP contribution in [0.4, 0.5) is 0 Å². The van der Waals surface area contributed by atoms with Gasteiger partial charge in [0.2, 0.25) is 0 Å². The Kier molecular flexibility index (Phi) is 6.82. The fraction of sp³-hybridized carbons (Fsp3) is 0.222. The molecule has 0 saturated heterocycles. The number of rotatable bonds is 7. The van der Waals surface area contributed by atoms with E-state index in [4.69, 9.17) is 14.2 Å². The first-order valence-electron chi connectivity index (χ1n) is 7.47. The number of methoxy groups -OCH3 is 2. The normalized spacial score (nSPS) is 11.0. The van der Waals surface area contributed by atoms with Gasteiger partial charge in [0.1, 0.15) is 5.75 Å². The largest absolute Gasteiger partial charge is 0.497 e. The first kappa shape index (κ1) is 18.8. The number of ether oxygens (including phenoxy) is 3. The Morgan fingerprint density at radius 3 is 2.44 bits per heavy atom. The van der Waals surface area contributed by atoms with E-state index >= 15 is 0 Å². The Morgan fingerprint density at radius 1 is 1.08 bits per heavy atom. The number of hydrogen-bond donors (Lipinski definition) is 1. The molecule has 0 saturated carbocycles. The van der Waals surface area contributed by atoms with Crippen molar-refractivity contribution in [3.05, 3.63) is 52.5 Å². The number of carbonyl (C=O) groups is 1. The van der Waals surface area contributed by atoms with Crippen molar-refractivity contribution in [1.82, 2.24) is 5.43 Å². The first-order valence-corrected chi connectivity index (χ1v) is 8.26. The number of nitrogens with one attached hydrogen (secondary N) is 1. The van der Waals surface area contributed by atoms with Crippen LogP contribution in [0, 0.1) is 0 Å². The van der Waals surface area contributed by atoms with E-state index in [0.29, 0.717) is 17.2 Å².